The van der Waals surface area contributed by atoms with E-state index in [-0.39, 0.29) is 12.3 Å². The number of hydrogen-bond acceptors (Lipinski definition) is 6. The SMILES string of the molecule is COCc1csc(C(=O)N2CCS(=O)(=O)CC2C(=O)O)c1. The number of aliphatic carboxylic acids is 1. The van der Waals surface area contributed by atoms with E-state index in [1.165, 1.54) is 18.4 Å². The molecule has 116 valence electrons. The molecule has 2 heterocycles. The van der Waals surface area contributed by atoms with Crippen LogP contribution in [0.3, 0.4) is 0 Å². The van der Waals surface area contributed by atoms with Gasteiger partial charge in [-0.05, 0) is 17.0 Å². The summed E-state index contributed by atoms with van der Waals surface area (Å²) in [6, 6.07) is 0.308. The van der Waals surface area contributed by atoms with Crippen molar-refractivity contribution in [1.82, 2.24) is 4.90 Å². The lowest BCUT2D eigenvalue weighted by atomic mass is 10.2. The maximum Gasteiger partial charge on any atom is 0.327 e. The molecule has 1 amide bonds. The average molecular weight is 333 g/mol. The molecule has 1 saturated heterocycles. The molecule has 0 spiro atoms. The number of carbonyl (C=O) groups excluding carboxylic acids is 1. The third kappa shape index (κ3) is 3.60. The zero-order chi connectivity index (χ0) is 15.6. The lowest BCUT2D eigenvalue weighted by Crippen LogP contribution is -2.54. The van der Waals surface area contributed by atoms with Crippen LogP contribution in [-0.4, -0.2) is 61.5 Å². The van der Waals surface area contributed by atoms with Crippen molar-refractivity contribution in [3.05, 3.63) is 21.9 Å². The Bertz CT molecular complexity index is 650. The summed E-state index contributed by atoms with van der Waals surface area (Å²) in [6.07, 6.45) is 0. The van der Waals surface area contributed by atoms with E-state index in [9.17, 15) is 18.0 Å². The number of sulfone groups is 1. The second-order valence-electron chi connectivity index (χ2n) is 4.72. The molecule has 1 N–H and O–H groups in total. The highest BCUT2D eigenvalue weighted by Gasteiger charge is 2.39. The predicted octanol–water partition coefficient (Wildman–Crippen LogP) is 0.218. The molecule has 1 aliphatic rings. The number of thiophene rings is 1. The number of ether oxygens (including phenoxy) is 1. The Morgan fingerprint density at radius 1 is 1.52 bits per heavy atom. The number of methoxy groups -OCH3 is 1. The third-order valence-electron chi connectivity index (χ3n) is 3.15. The minimum Gasteiger partial charge on any atom is -0.480 e. The van der Waals surface area contributed by atoms with E-state index in [4.69, 9.17) is 9.84 Å². The van der Waals surface area contributed by atoms with E-state index in [1.807, 2.05) is 0 Å². The van der Waals surface area contributed by atoms with Crippen molar-refractivity contribution < 1.29 is 27.9 Å². The summed E-state index contributed by atoms with van der Waals surface area (Å²) in [7, 11) is -1.88. The van der Waals surface area contributed by atoms with Crippen LogP contribution in [0.25, 0.3) is 0 Å². The maximum atomic E-state index is 12.4. The number of carboxylic acid groups (broad SMARTS) is 1. The van der Waals surface area contributed by atoms with Gasteiger partial charge in [0.1, 0.15) is 6.04 Å². The molecule has 0 radical (unpaired) electrons. The highest BCUT2D eigenvalue weighted by molar-refractivity contribution is 7.91. The predicted molar refractivity (Wildman–Crippen MR) is 76.1 cm³/mol. The van der Waals surface area contributed by atoms with Gasteiger partial charge in [0.25, 0.3) is 5.91 Å². The van der Waals surface area contributed by atoms with Gasteiger partial charge < -0.3 is 14.7 Å². The molecule has 1 aromatic heterocycles. The minimum atomic E-state index is -3.42. The molecule has 1 aliphatic heterocycles. The van der Waals surface area contributed by atoms with Crippen LogP contribution in [0.2, 0.25) is 0 Å². The normalized spacial score (nSPS) is 21.2. The largest absolute Gasteiger partial charge is 0.480 e. The van der Waals surface area contributed by atoms with Crippen LogP contribution >= 0.6 is 11.3 Å². The second kappa shape index (κ2) is 6.12. The van der Waals surface area contributed by atoms with Gasteiger partial charge in [0.2, 0.25) is 0 Å². The van der Waals surface area contributed by atoms with Gasteiger partial charge in [0, 0.05) is 13.7 Å². The van der Waals surface area contributed by atoms with Gasteiger partial charge in [0.05, 0.1) is 23.0 Å². The van der Waals surface area contributed by atoms with Crippen LogP contribution in [0.5, 0.6) is 0 Å². The summed E-state index contributed by atoms with van der Waals surface area (Å²) < 4.78 is 28.0. The first kappa shape index (κ1) is 15.9. The van der Waals surface area contributed by atoms with E-state index in [2.05, 4.69) is 0 Å². The van der Waals surface area contributed by atoms with Gasteiger partial charge in [-0.2, -0.15) is 0 Å². The zero-order valence-corrected chi connectivity index (χ0v) is 12.9. The van der Waals surface area contributed by atoms with Gasteiger partial charge in [-0.25, -0.2) is 13.2 Å². The maximum absolute atomic E-state index is 12.4. The number of amides is 1. The zero-order valence-electron chi connectivity index (χ0n) is 11.3. The van der Waals surface area contributed by atoms with Crippen LogP contribution in [0.4, 0.5) is 0 Å². The molecule has 0 bridgehead atoms. The molecule has 0 saturated carbocycles. The molecular formula is C12H15NO6S2. The van der Waals surface area contributed by atoms with E-state index >= 15 is 0 Å². The molecule has 0 aliphatic carbocycles. The molecule has 9 heteroatoms. The highest BCUT2D eigenvalue weighted by atomic mass is 32.2. The molecule has 21 heavy (non-hydrogen) atoms. The first-order valence-electron chi connectivity index (χ1n) is 6.14. The summed E-state index contributed by atoms with van der Waals surface area (Å²) in [5, 5.41) is 10.9. The molecule has 0 aromatic carbocycles. The van der Waals surface area contributed by atoms with Crippen molar-refractivity contribution in [3.8, 4) is 0 Å². The van der Waals surface area contributed by atoms with Gasteiger partial charge in [-0.1, -0.05) is 0 Å². The number of carboxylic acids is 1. The van der Waals surface area contributed by atoms with Crippen molar-refractivity contribution in [2.45, 2.75) is 12.6 Å². The standard InChI is InChI=1S/C12H15NO6S2/c1-19-5-8-4-10(20-6-8)11(14)13-2-3-21(17,18)7-9(13)12(15)16/h4,6,9H,2-3,5,7H2,1H3,(H,15,16). The number of rotatable bonds is 4. The van der Waals surface area contributed by atoms with Gasteiger partial charge >= 0.3 is 5.97 Å². The highest BCUT2D eigenvalue weighted by Crippen LogP contribution is 2.21. The first-order valence-corrected chi connectivity index (χ1v) is 8.84. The lowest BCUT2D eigenvalue weighted by Gasteiger charge is -2.32. The number of carbonyl (C=O) groups is 2. The Morgan fingerprint density at radius 2 is 2.24 bits per heavy atom. The lowest BCUT2D eigenvalue weighted by molar-refractivity contribution is -0.141. The fourth-order valence-electron chi connectivity index (χ4n) is 2.13. The van der Waals surface area contributed by atoms with Crippen LogP contribution in [0.15, 0.2) is 11.4 Å². The van der Waals surface area contributed by atoms with Gasteiger partial charge in [-0.15, -0.1) is 11.3 Å². The van der Waals surface area contributed by atoms with E-state index in [0.29, 0.717) is 11.5 Å². The Morgan fingerprint density at radius 3 is 2.86 bits per heavy atom. The Balaban J connectivity index is 2.21. The Kier molecular flexibility index (Phi) is 4.64. The Labute approximate surface area is 126 Å². The van der Waals surface area contributed by atoms with Gasteiger partial charge in [0.15, 0.2) is 9.84 Å². The van der Waals surface area contributed by atoms with Crippen molar-refractivity contribution >= 4 is 33.1 Å². The third-order valence-corrected chi connectivity index (χ3v) is 5.75. The fraction of sp³-hybridized carbons (Fsp3) is 0.500. The molecule has 1 fully saturated rings. The molecule has 1 atom stereocenters. The van der Waals surface area contributed by atoms with E-state index < -0.39 is 33.5 Å². The molecular weight excluding hydrogens is 318 g/mol. The smallest absolute Gasteiger partial charge is 0.327 e. The van der Waals surface area contributed by atoms with Crippen LogP contribution in [0.1, 0.15) is 15.2 Å². The number of nitrogens with zero attached hydrogens (tertiary/aromatic N) is 1. The van der Waals surface area contributed by atoms with Crippen molar-refractivity contribution in [3.63, 3.8) is 0 Å². The monoisotopic (exact) mass is 333 g/mol. The molecule has 1 aromatic rings. The number of hydrogen-bond donors (Lipinski definition) is 1. The van der Waals surface area contributed by atoms with Crippen molar-refractivity contribution in [1.29, 1.82) is 0 Å². The van der Waals surface area contributed by atoms with Crippen LogP contribution in [-0.2, 0) is 26.0 Å². The summed E-state index contributed by atoms with van der Waals surface area (Å²) >= 11 is 1.19. The molecule has 1 unspecified atom stereocenters. The van der Waals surface area contributed by atoms with E-state index in [1.54, 1.807) is 11.4 Å². The summed E-state index contributed by atoms with van der Waals surface area (Å²) in [4.78, 5) is 25.1. The minimum absolute atomic E-state index is 0.102. The van der Waals surface area contributed by atoms with Crippen molar-refractivity contribution in [2.75, 3.05) is 25.2 Å². The Hall–Kier alpha value is -1.45. The molecule has 7 nitrogen and oxygen atoms in total. The molecule has 2 rings (SSSR count). The van der Waals surface area contributed by atoms with Crippen LogP contribution in [0, 0.1) is 0 Å². The van der Waals surface area contributed by atoms with Crippen LogP contribution < -0.4 is 0 Å². The quantitative estimate of drug-likeness (QED) is 0.846. The van der Waals surface area contributed by atoms with Crippen molar-refractivity contribution in [2.24, 2.45) is 0 Å². The first-order chi connectivity index (χ1) is 9.84. The summed E-state index contributed by atoms with van der Waals surface area (Å²) in [6.45, 7) is 0.260. The summed E-state index contributed by atoms with van der Waals surface area (Å²) in [5.41, 5.74) is 0.822. The summed E-state index contributed by atoms with van der Waals surface area (Å²) in [5.74, 6) is -2.51. The fourth-order valence-corrected chi connectivity index (χ4v) is 4.42. The topological polar surface area (TPSA) is 101 Å². The van der Waals surface area contributed by atoms with Gasteiger partial charge in [-0.3, -0.25) is 4.79 Å². The van der Waals surface area contributed by atoms with E-state index in [0.717, 1.165) is 10.5 Å². The average Bonchev–Trinajstić information content (AvgIpc) is 2.86. The second-order valence-corrected chi connectivity index (χ2v) is 7.86.